The van der Waals surface area contributed by atoms with Gasteiger partial charge in [0.25, 0.3) is 0 Å². The van der Waals surface area contributed by atoms with Crippen LogP contribution in [0, 0.1) is 13.8 Å². The minimum absolute atomic E-state index is 0.222. The fraction of sp³-hybridized carbons (Fsp3) is 0.0800. The summed E-state index contributed by atoms with van der Waals surface area (Å²) in [5.74, 6) is 0. The third kappa shape index (κ3) is 3.31. The molecule has 4 aromatic rings. The van der Waals surface area contributed by atoms with E-state index in [9.17, 15) is 4.79 Å². The normalized spacial score (nSPS) is 11.1. The summed E-state index contributed by atoms with van der Waals surface area (Å²) in [5.41, 5.74) is 3.28. The summed E-state index contributed by atoms with van der Waals surface area (Å²) in [7, 11) is -1.13. The van der Waals surface area contributed by atoms with Crippen LogP contribution in [0.5, 0.6) is 0 Å². The summed E-state index contributed by atoms with van der Waals surface area (Å²) in [4.78, 5) is 14.0. The number of aryl methyl sites for hydroxylation is 2. The molecular weight excluding hydrogens is 347 g/mol. The van der Waals surface area contributed by atoms with Gasteiger partial charge in [0, 0.05) is 13.5 Å². The van der Waals surface area contributed by atoms with E-state index in [4.69, 9.17) is 0 Å². The van der Waals surface area contributed by atoms with Crippen molar-refractivity contribution in [3.05, 3.63) is 108 Å². The quantitative estimate of drug-likeness (QED) is 0.421. The molecule has 0 aromatic heterocycles. The Morgan fingerprint density at radius 3 is 1.81 bits per heavy atom. The Balaban J connectivity index is 1.96. The Labute approximate surface area is 161 Å². The Morgan fingerprint density at radius 2 is 1.22 bits per heavy atom. The highest BCUT2D eigenvalue weighted by Crippen LogP contribution is 2.41. The monoisotopic (exact) mass is 368 g/mol. The molecule has 0 radical (unpaired) electrons. The molecule has 0 bridgehead atoms. The van der Waals surface area contributed by atoms with Crippen LogP contribution in [0.4, 0.5) is 0 Å². The van der Waals surface area contributed by atoms with E-state index in [1.807, 2.05) is 43.3 Å². The molecule has 4 aromatic carbocycles. The summed E-state index contributed by atoms with van der Waals surface area (Å²) in [6.07, 6.45) is 0. The average Bonchev–Trinajstić information content (AvgIpc) is 2.70. The van der Waals surface area contributed by atoms with Gasteiger partial charge in [-0.2, -0.15) is 0 Å². The van der Waals surface area contributed by atoms with E-state index in [0.29, 0.717) is 0 Å². The van der Waals surface area contributed by atoms with Crippen LogP contribution in [0.1, 0.15) is 21.5 Å². The molecule has 0 unspecified atom stereocenters. The smallest absolute Gasteiger partial charge is 0.194 e. The molecule has 0 saturated heterocycles. The van der Waals surface area contributed by atoms with Gasteiger partial charge < -0.3 is 0 Å². The molecule has 0 atom stereocenters. The van der Waals surface area contributed by atoms with Gasteiger partial charge in [-0.05, 0) is 46.4 Å². The second-order valence-corrected chi connectivity index (χ2v) is 8.85. The van der Waals surface area contributed by atoms with Gasteiger partial charge in [-0.25, -0.2) is 0 Å². The predicted molar refractivity (Wildman–Crippen MR) is 117 cm³/mol. The van der Waals surface area contributed by atoms with E-state index in [0.717, 1.165) is 38.1 Å². The van der Waals surface area contributed by atoms with Gasteiger partial charge in [0.05, 0.1) is 0 Å². The third-order valence-corrected chi connectivity index (χ3v) is 7.17. The van der Waals surface area contributed by atoms with Crippen LogP contribution in [0.15, 0.2) is 91.0 Å². The summed E-state index contributed by atoms with van der Waals surface area (Å²) in [6.45, 7) is 4.13. The lowest BCUT2D eigenvalue weighted by Crippen LogP contribution is -2.19. The van der Waals surface area contributed by atoms with Gasteiger partial charge in [-0.1, -0.05) is 91.0 Å². The molecule has 27 heavy (non-hydrogen) atoms. The number of fused-ring (bicyclic) bond motifs is 1. The Hall–Kier alpha value is -2.76. The number of benzene rings is 4. The lowest BCUT2D eigenvalue weighted by atomic mass is 9.97. The van der Waals surface area contributed by atoms with Gasteiger partial charge in [-0.15, -0.1) is 0 Å². The molecular formula is C25H21OP. The van der Waals surface area contributed by atoms with Crippen molar-refractivity contribution in [2.75, 3.05) is 0 Å². The second-order valence-electron chi connectivity index (χ2n) is 6.74. The first kappa shape index (κ1) is 17.6. The number of hydrogen-bond acceptors (Lipinski definition) is 1. The van der Waals surface area contributed by atoms with Gasteiger partial charge in [0.1, 0.15) is 0 Å². The van der Waals surface area contributed by atoms with E-state index in [1.54, 1.807) is 0 Å². The first-order valence-electron chi connectivity index (χ1n) is 9.10. The maximum Gasteiger partial charge on any atom is 0.194 e. The third-order valence-electron chi connectivity index (χ3n) is 4.91. The van der Waals surface area contributed by atoms with E-state index in [2.05, 4.69) is 61.5 Å². The molecule has 0 aliphatic heterocycles. The summed E-state index contributed by atoms with van der Waals surface area (Å²) >= 11 is 0. The zero-order valence-corrected chi connectivity index (χ0v) is 16.4. The van der Waals surface area contributed by atoms with E-state index in [-0.39, 0.29) is 5.52 Å². The van der Waals surface area contributed by atoms with Gasteiger partial charge in [-0.3, -0.25) is 4.79 Å². The van der Waals surface area contributed by atoms with E-state index in [1.165, 1.54) is 0 Å². The minimum Gasteiger partial charge on any atom is -0.288 e. The van der Waals surface area contributed by atoms with Gasteiger partial charge >= 0.3 is 0 Å². The molecule has 2 heteroatoms. The van der Waals surface area contributed by atoms with Crippen molar-refractivity contribution in [1.29, 1.82) is 0 Å². The highest BCUT2D eigenvalue weighted by Gasteiger charge is 2.26. The van der Waals surface area contributed by atoms with Crippen LogP contribution in [0.25, 0.3) is 10.8 Å². The maximum absolute atomic E-state index is 14.0. The van der Waals surface area contributed by atoms with Crippen LogP contribution >= 0.6 is 7.92 Å². The Kier molecular flexibility index (Phi) is 4.88. The van der Waals surface area contributed by atoms with Crippen molar-refractivity contribution in [3.8, 4) is 0 Å². The highest BCUT2D eigenvalue weighted by atomic mass is 31.1. The molecule has 0 aliphatic carbocycles. The zero-order chi connectivity index (χ0) is 18.8. The standard InChI is InChI=1S/C25H21OP/c1-18-10-9-11-20-17-16-19(2)24(23(18)20)25(26)27(21-12-5-3-6-13-21)22-14-7-4-8-15-22/h3-17H,1-2H3. The maximum atomic E-state index is 14.0. The van der Waals surface area contributed by atoms with Crippen LogP contribution in [-0.4, -0.2) is 5.52 Å². The number of carbonyl (C=O) groups is 1. The highest BCUT2D eigenvalue weighted by molar-refractivity contribution is 7.88. The molecule has 4 rings (SSSR count). The summed E-state index contributed by atoms with van der Waals surface area (Å²) in [5, 5.41) is 4.39. The van der Waals surface area contributed by atoms with Gasteiger partial charge in [0.2, 0.25) is 0 Å². The summed E-state index contributed by atoms with van der Waals surface area (Å²) in [6, 6.07) is 30.8. The number of rotatable bonds is 4. The second kappa shape index (κ2) is 7.47. The fourth-order valence-corrected chi connectivity index (χ4v) is 5.81. The lowest BCUT2D eigenvalue weighted by molar-refractivity contribution is 0.108. The Bertz CT molecular complexity index is 1060. The van der Waals surface area contributed by atoms with E-state index >= 15 is 0 Å². The van der Waals surface area contributed by atoms with Crippen LogP contribution in [0.3, 0.4) is 0 Å². The molecule has 1 nitrogen and oxygen atoms in total. The van der Waals surface area contributed by atoms with Crippen molar-refractivity contribution in [2.45, 2.75) is 13.8 Å². The zero-order valence-electron chi connectivity index (χ0n) is 15.5. The van der Waals surface area contributed by atoms with Crippen LogP contribution in [0.2, 0.25) is 0 Å². The fourth-order valence-electron chi connectivity index (χ4n) is 3.59. The molecule has 0 N–H and O–H groups in total. The SMILES string of the molecule is Cc1ccc2cccc(C)c2c1C(=O)P(c1ccccc1)c1ccccc1. The van der Waals surface area contributed by atoms with Crippen molar-refractivity contribution in [1.82, 2.24) is 0 Å². The van der Waals surface area contributed by atoms with Crippen molar-refractivity contribution < 1.29 is 4.79 Å². The van der Waals surface area contributed by atoms with E-state index < -0.39 is 7.92 Å². The van der Waals surface area contributed by atoms with Gasteiger partial charge in [0.15, 0.2) is 5.52 Å². The molecule has 0 spiro atoms. The first-order valence-corrected chi connectivity index (χ1v) is 10.4. The molecule has 0 amide bonds. The molecule has 0 saturated carbocycles. The average molecular weight is 368 g/mol. The minimum atomic E-state index is -1.13. The molecule has 0 aliphatic rings. The molecule has 0 fully saturated rings. The largest absolute Gasteiger partial charge is 0.288 e. The lowest BCUT2D eigenvalue weighted by Gasteiger charge is -2.20. The Morgan fingerprint density at radius 1 is 0.630 bits per heavy atom. The topological polar surface area (TPSA) is 17.1 Å². The van der Waals surface area contributed by atoms with Crippen LogP contribution < -0.4 is 10.6 Å². The summed E-state index contributed by atoms with van der Waals surface area (Å²) < 4.78 is 0. The van der Waals surface area contributed by atoms with Crippen molar-refractivity contribution in [3.63, 3.8) is 0 Å². The number of carbonyl (C=O) groups excluding carboxylic acids is 1. The van der Waals surface area contributed by atoms with Crippen LogP contribution in [-0.2, 0) is 0 Å². The van der Waals surface area contributed by atoms with Crippen molar-refractivity contribution >= 4 is 34.8 Å². The number of hydrogen-bond donors (Lipinski definition) is 0. The predicted octanol–water partition coefficient (Wildman–Crippen LogP) is 5.73. The van der Waals surface area contributed by atoms with Crippen molar-refractivity contribution in [2.24, 2.45) is 0 Å². The molecule has 132 valence electrons. The molecule has 0 heterocycles. The first-order chi connectivity index (χ1) is 13.2.